The van der Waals surface area contributed by atoms with Gasteiger partial charge in [0, 0.05) is 18.0 Å². The molecule has 0 amide bonds. The molecule has 1 N–H and O–H groups in total. The van der Waals surface area contributed by atoms with E-state index in [-0.39, 0.29) is 18.0 Å². The molecule has 0 saturated heterocycles. The Hall–Kier alpha value is -2.90. The van der Waals surface area contributed by atoms with Gasteiger partial charge in [0.25, 0.3) is 5.56 Å². The molecule has 1 heterocycles. The van der Waals surface area contributed by atoms with Gasteiger partial charge in [-0.2, -0.15) is 0 Å². The van der Waals surface area contributed by atoms with Gasteiger partial charge in [0.1, 0.15) is 18.2 Å². The second-order valence-electron chi connectivity index (χ2n) is 9.45. The second kappa shape index (κ2) is 12.0. The summed E-state index contributed by atoms with van der Waals surface area (Å²) >= 11 is 0. The molecular weight excluding hydrogens is 437 g/mol. The van der Waals surface area contributed by atoms with Gasteiger partial charge in [-0.05, 0) is 77.3 Å². The van der Waals surface area contributed by atoms with E-state index in [1.54, 1.807) is 51.4 Å². The first kappa shape index (κ1) is 27.3. The van der Waals surface area contributed by atoms with Crippen molar-refractivity contribution in [2.75, 3.05) is 13.7 Å². The van der Waals surface area contributed by atoms with Crippen molar-refractivity contribution in [1.29, 1.82) is 0 Å². The normalized spacial score (nSPS) is 13.2. The molecule has 1 aromatic carbocycles. The monoisotopic (exact) mass is 473 g/mol. The van der Waals surface area contributed by atoms with Crippen molar-refractivity contribution < 1.29 is 23.7 Å². The van der Waals surface area contributed by atoms with E-state index in [0.29, 0.717) is 36.7 Å². The van der Waals surface area contributed by atoms with E-state index in [9.17, 15) is 14.3 Å². The lowest BCUT2D eigenvalue weighted by molar-refractivity contribution is -0.0439. The van der Waals surface area contributed by atoms with Crippen LogP contribution in [0.15, 0.2) is 65.3 Å². The van der Waals surface area contributed by atoms with Gasteiger partial charge < -0.3 is 19.3 Å². The number of nitrogens with zero attached hydrogens (tertiary/aromatic N) is 1. The van der Waals surface area contributed by atoms with Gasteiger partial charge in [0.05, 0.1) is 30.7 Å². The quantitative estimate of drug-likeness (QED) is 0.334. The number of benzene rings is 1. The Morgan fingerprint density at radius 1 is 1.15 bits per heavy atom. The summed E-state index contributed by atoms with van der Waals surface area (Å²) in [4.78, 5) is 12.9. The SMILES string of the molecule is COC(C)=CC(=CCC(C)(C)OCCC(C)(C)O)n1ccc(OCc2ccc(F)cc2)cc1=O. The molecule has 0 aliphatic rings. The summed E-state index contributed by atoms with van der Waals surface area (Å²) in [6.07, 6.45) is 6.42. The number of methoxy groups -OCH3 is 1. The molecule has 0 unspecified atom stereocenters. The maximum atomic E-state index is 13.1. The number of aromatic nitrogens is 1. The highest BCUT2D eigenvalue weighted by Crippen LogP contribution is 2.21. The summed E-state index contributed by atoms with van der Waals surface area (Å²) < 4.78 is 31.5. The summed E-state index contributed by atoms with van der Waals surface area (Å²) in [6.45, 7) is 9.89. The minimum Gasteiger partial charge on any atom is -0.501 e. The minimum atomic E-state index is -0.788. The third-order valence-corrected chi connectivity index (χ3v) is 5.17. The zero-order chi connectivity index (χ0) is 25.4. The first-order valence-electron chi connectivity index (χ1n) is 11.3. The van der Waals surface area contributed by atoms with E-state index in [2.05, 4.69) is 0 Å². The van der Waals surface area contributed by atoms with Crippen molar-refractivity contribution in [3.05, 3.63) is 82.2 Å². The number of ether oxygens (including phenoxy) is 3. The van der Waals surface area contributed by atoms with Crippen LogP contribution < -0.4 is 10.3 Å². The lowest BCUT2D eigenvalue weighted by Crippen LogP contribution is -2.28. The van der Waals surface area contributed by atoms with Crippen molar-refractivity contribution >= 4 is 5.70 Å². The number of pyridine rings is 1. The van der Waals surface area contributed by atoms with Gasteiger partial charge >= 0.3 is 0 Å². The molecule has 6 nitrogen and oxygen atoms in total. The van der Waals surface area contributed by atoms with Crippen LogP contribution in [-0.4, -0.2) is 34.6 Å². The fourth-order valence-electron chi connectivity index (χ4n) is 2.99. The average molecular weight is 474 g/mol. The number of aliphatic hydroxyl groups is 1. The van der Waals surface area contributed by atoms with Crippen LogP contribution in [0, 0.1) is 5.82 Å². The Morgan fingerprint density at radius 2 is 1.82 bits per heavy atom. The Balaban J connectivity index is 2.18. The van der Waals surface area contributed by atoms with E-state index < -0.39 is 11.2 Å². The predicted octanol–water partition coefficient (Wildman–Crippen LogP) is 5.30. The molecule has 0 radical (unpaired) electrons. The molecule has 0 bridgehead atoms. The summed E-state index contributed by atoms with van der Waals surface area (Å²) in [5.41, 5.74) is -0.0925. The van der Waals surface area contributed by atoms with Gasteiger partial charge in [0.2, 0.25) is 0 Å². The lowest BCUT2D eigenvalue weighted by Gasteiger charge is -2.26. The van der Waals surface area contributed by atoms with Crippen LogP contribution in [0.25, 0.3) is 5.70 Å². The Kier molecular flexibility index (Phi) is 9.65. The summed E-state index contributed by atoms with van der Waals surface area (Å²) in [5.74, 6) is 0.763. The van der Waals surface area contributed by atoms with E-state index in [1.807, 2.05) is 26.8 Å². The van der Waals surface area contributed by atoms with Crippen LogP contribution in [0.1, 0.15) is 53.0 Å². The van der Waals surface area contributed by atoms with Gasteiger partial charge in [-0.15, -0.1) is 0 Å². The van der Waals surface area contributed by atoms with Gasteiger partial charge in [-0.1, -0.05) is 18.2 Å². The van der Waals surface area contributed by atoms with Crippen molar-refractivity contribution in [2.24, 2.45) is 0 Å². The Bertz CT molecular complexity index is 1050. The number of allylic oxidation sites excluding steroid dienone is 3. The fourth-order valence-corrected chi connectivity index (χ4v) is 2.99. The molecule has 2 rings (SSSR count). The summed E-state index contributed by atoms with van der Waals surface area (Å²) in [7, 11) is 1.57. The topological polar surface area (TPSA) is 69.9 Å². The van der Waals surface area contributed by atoms with Crippen LogP contribution >= 0.6 is 0 Å². The molecule has 0 atom stereocenters. The van der Waals surface area contributed by atoms with Gasteiger partial charge in [0.15, 0.2) is 0 Å². The number of halogens is 1. The Morgan fingerprint density at radius 3 is 2.41 bits per heavy atom. The fraction of sp³-hybridized carbons (Fsp3) is 0.444. The lowest BCUT2D eigenvalue weighted by atomic mass is 10.0. The van der Waals surface area contributed by atoms with Gasteiger partial charge in [-0.25, -0.2) is 4.39 Å². The van der Waals surface area contributed by atoms with Crippen molar-refractivity contribution in [1.82, 2.24) is 4.57 Å². The van der Waals surface area contributed by atoms with E-state index >= 15 is 0 Å². The Labute approximate surface area is 201 Å². The number of rotatable bonds is 12. The zero-order valence-corrected chi connectivity index (χ0v) is 20.9. The van der Waals surface area contributed by atoms with E-state index in [0.717, 1.165) is 5.56 Å². The summed E-state index contributed by atoms with van der Waals surface area (Å²) in [5, 5.41) is 9.90. The van der Waals surface area contributed by atoms with Crippen LogP contribution in [-0.2, 0) is 16.1 Å². The molecule has 0 saturated carbocycles. The molecule has 186 valence electrons. The maximum absolute atomic E-state index is 13.1. The third-order valence-electron chi connectivity index (χ3n) is 5.17. The van der Waals surface area contributed by atoms with E-state index in [1.165, 1.54) is 22.8 Å². The highest BCUT2D eigenvalue weighted by molar-refractivity contribution is 5.58. The van der Waals surface area contributed by atoms with Crippen molar-refractivity contribution in [2.45, 2.75) is 65.3 Å². The van der Waals surface area contributed by atoms with Crippen molar-refractivity contribution in [3.63, 3.8) is 0 Å². The van der Waals surface area contributed by atoms with Crippen molar-refractivity contribution in [3.8, 4) is 5.75 Å². The van der Waals surface area contributed by atoms with Crippen LogP contribution in [0.4, 0.5) is 4.39 Å². The first-order valence-corrected chi connectivity index (χ1v) is 11.3. The van der Waals surface area contributed by atoms with Crippen LogP contribution in [0.2, 0.25) is 0 Å². The third kappa shape index (κ3) is 9.53. The first-order chi connectivity index (χ1) is 15.9. The second-order valence-corrected chi connectivity index (χ2v) is 9.45. The highest BCUT2D eigenvalue weighted by Gasteiger charge is 2.20. The standard InChI is InChI=1S/C27H36FNO5/c1-20(32-6)17-23(11-13-27(4,5)34-16-14-26(2,3)31)29-15-12-24(18-25(29)30)33-19-21-7-9-22(28)10-8-21/h7-12,15,17-18,31H,13-14,16,19H2,1-6H3. The van der Waals surface area contributed by atoms with Crippen LogP contribution in [0.5, 0.6) is 5.75 Å². The molecule has 0 aliphatic heterocycles. The minimum absolute atomic E-state index is 0.227. The molecule has 0 fully saturated rings. The largest absolute Gasteiger partial charge is 0.501 e. The number of hydrogen-bond donors (Lipinski definition) is 1. The highest BCUT2D eigenvalue weighted by atomic mass is 19.1. The van der Waals surface area contributed by atoms with E-state index in [4.69, 9.17) is 14.2 Å². The molecule has 1 aromatic heterocycles. The maximum Gasteiger partial charge on any atom is 0.258 e. The molecule has 0 aliphatic carbocycles. The average Bonchev–Trinajstić information content (AvgIpc) is 2.75. The molecule has 34 heavy (non-hydrogen) atoms. The molecule has 2 aromatic rings. The molecular formula is C27H36FNO5. The van der Waals surface area contributed by atoms with Crippen LogP contribution in [0.3, 0.4) is 0 Å². The molecule has 0 spiro atoms. The predicted molar refractivity (Wildman–Crippen MR) is 132 cm³/mol. The zero-order valence-electron chi connectivity index (χ0n) is 20.9. The smallest absolute Gasteiger partial charge is 0.258 e. The van der Waals surface area contributed by atoms with Gasteiger partial charge in [-0.3, -0.25) is 9.36 Å². The number of hydrogen-bond acceptors (Lipinski definition) is 5. The summed E-state index contributed by atoms with van der Waals surface area (Å²) in [6, 6.07) is 9.14. The molecule has 7 heteroatoms.